The number of ketones is 1. The Morgan fingerprint density at radius 2 is 1.52 bits per heavy atom. The number of Topliss-reactive ketones (excluding diaryl/α,β-unsaturated/α-hetero) is 1. The molecular weight excluding hydrogens is 288 g/mol. The van der Waals surface area contributed by atoms with Crippen LogP contribution in [0, 0.1) is 5.92 Å². The summed E-state index contributed by atoms with van der Waals surface area (Å²) < 4.78 is 5.14. The maximum Gasteiger partial charge on any atom is 0.309 e. The van der Waals surface area contributed by atoms with Crippen LogP contribution < -0.4 is 0 Å². The minimum atomic E-state index is -0.370. The zero-order valence-corrected chi connectivity index (χ0v) is 13.6. The third kappa shape index (κ3) is 4.52. The van der Waals surface area contributed by atoms with E-state index in [0.717, 1.165) is 5.56 Å². The van der Waals surface area contributed by atoms with Gasteiger partial charge in [0.25, 0.3) is 0 Å². The highest BCUT2D eigenvalue weighted by Crippen LogP contribution is 2.30. The Morgan fingerprint density at radius 3 is 2.09 bits per heavy atom. The molecule has 0 saturated heterocycles. The van der Waals surface area contributed by atoms with E-state index in [9.17, 15) is 9.59 Å². The molecule has 0 aliphatic heterocycles. The summed E-state index contributed by atoms with van der Waals surface area (Å²) in [5.41, 5.74) is 1.65. The molecule has 3 heteroatoms. The van der Waals surface area contributed by atoms with Crippen LogP contribution in [0.5, 0.6) is 0 Å². The number of hydrogen-bond acceptors (Lipinski definition) is 3. The van der Waals surface area contributed by atoms with Gasteiger partial charge in [-0.15, -0.1) is 0 Å². The van der Waals surface area contributed by atoms with E-state index < -0.39 is 0 Å². The van der Waals surface area contributed by atoms with Crippen LogP contribution in [0.3, 0.4) is 0 Å². The molecule has 0 fully saturated rings. The zero-order chi connectivity index (χ0) is 16.7. The maximum atomic E-state index is 12.6. The number of rotatable bonds is 7. The van der Waals surface area contributed by atoms with Gasteiger partial charge in [0.2, 0.25) is 0 Å². The van der Waals surface area contributed by atoms with Gasteiger partial charge in [-0.1, -0.05) is 67.6 Å². The number of esters is 1. The van der Waals surface area contributed by atoms with Crippen LogP contribution in [-0.2, 0) is 9.53 Å². The molecule has 0 bridgehead atoms. The Morgan fingerprint density at radius 1 is 0.957 bits per heavy atom. The Balaban J connectivity index is 2.23. The number of carbonyl (C=O) groups excluding carboxylic acids is 2. The lowest BCUT2D eigenvalue weighted by atomic mass is 9.82. The Labute approximate surface area is 137 Å². The molecular formula is C20H22O3. The van der Waals surface area contributed by atoms with E-state index in [1.165, 1.54) is 0 Å². The molecule has 0 N–H and O–H groups in total. The third-order valence-electron chi connectivity index (χ3n) is 3.99. The first-order valence-electron chi connectivity index (χ1n) is 7.93. The summed E-state index contributed by atoms with van der Waals surface area (Å²) >= 11 is 0. The summed E-state index contributed by atoms with van der Waals surface area (Å²) in [6, 6.07) is 18.9. The van der Waals surface area contributed by atoms with Gasteiger partial charge in [0.05, 0.1) is 12.5 Å². The summed E-state index contributed by atoms with van der Waals surface area (Å²) in [6.07, 6.45) is 0.286. The largest absolute Gasteiger partial charge is 0.466 e. The normalized spacial score (nSPS) is 13.1. The average Bonchev–Trinajstić information content (AvgIpc) is 2.60. The van der Waals surface area contributed by atoms with E-state index in [4.69, 9.17) is 4.74 Å². The van der Waals surface area contributed by atoms with Crippen LogP contribution in [0.4, 0.5) is 0 Å². The van der Waals surface area contributed by atoms with Crippen molar-refractivity contribution < 1.29 is 14.3 Å². The van der Waals surface area contributed by atoms with Crippen LogP contribution >= 0.6 is 0 Å². The number of benzene rings is 2. The van der Waals surface area contributed by atoms with Crippen molar-refractivity contribution in [1.29, 1.82) is 0 Å². The highest BCUT2D eigenvalue weighted by atomic mass is 16.5. The summed E-state index contributed by atoms with van der Waals surface area (Å²) in [5, 5.41) is 0. The molecule has 0 amide bonds. The summed E-state index contributed by atoms with van der Waals surface area (Å²) in [5.74, 6) is -0.786. The van der Waals surface area contributed by atoms with E-state index in [2.05, 4.69) is 0 Å². The van der Waals surface area contributed by atoms with Crippen molar-refractivity contribution in [3.05, 3.63) is 71.8 Å². The lowest BCUT2D eigenvalue weighted by Crippen LogP contribution is -2.24. The standard InChI is InChI=1S/C20H22O3/c1-3-23-20(22)15(2)18(16-10-6-4-7-11-16)14-19(21)17-12-8-5-9-13-17/h4-13,15,18H,3,14H2,1-2H3. The molecule has 0 radical (unpaired) electrons. The lowest BCUT2D eigenvalue weighted by molar-refractivity contribution is -0.148. The molecule has 2 atom stereocenters. The van der Waals surface area contributed by atoms with Crippen LogP contribution in [0.2, 0.25) is 0 Å². The van der Waals surface area contributed by atoms with E-state index in [0.29, 0.717) is 12.2 Å². The summed E-state index contributed by atoms with van der Waals surface area (Å²) in [7, 11) is 0. The molecule has 0 spiro atoms. The van der Waals surface area contributed by atoms with Crippen LogP contribution in [-0.4, -0.2) is 18.4 Å². The molecule has 2 aromatic rings. The fourth-order valence-corrected chi connectivity index (χ4v) is 2.66. The SMILES string of the molecule is CCOC(=O)C(C)C(CC(=O)c1ccccc1)c1ccccc1. The first-order valence-corrected chi connectivity index (χ1v) is 7.93. The van der Waals surface area contributed by atoms with Gasteiger partial charge in [-0.3, -0.25) is 9.59 Å². The fraction of sp³-hybridized carbons (Fsp3) is 0.300. The topological polar surface area (TPSA) is 43.4 Å². The second-order valence-electron chi connectivity index (χ2n) is 5.55. The Bertz CT molecular complexity index is 634. The van der Waals surface area contributed by atoms with Crippen molar-refractivity contribution in [2.75, 3.05) is 6.61 Å². The summed E-state index contributed by atoms with van der Waals surface area (Å²) in [4.78, 5) is 24.7. The fourth-order valence-electron chi connectivity index (χ4n) is 2.66. The molecule has 0 aliphatic carbocycles. The van der Waals surface area contributed by atoms with Gasteiger partial charge in [-0.2, -0.15) is 0 Å². The van der Waals surface area contributed by atoms with Crippen molar-refractivity contribution in [3.8, 4) is 0 Å². The predicted molar refractivity (Wildman–Crippen MR) is 90.4 cm³/mol. The molecule has 2 aromatic carbocycles. The van der Waals surface area contributed by atoms with Crippen molar-refractivity contribution in [2.45, 2.75) is 26.2 Å². The molecule has 2 rings (SSSR count). The van der Waals surface area contributed by atoms with Gasteiger partial charge in [-0.05, 0) is 12.5 Å². The molecule has 23 heavy (non-hydrogen) atoms. The first kappa shape index (κ1) is 16.9. The van der Waals surface area contributed by atoms with E-state index in [1.54, 1.807) is 19.1 Å². The molecule has 3 nitrogen and oxygen atoms in total. The van der Waals surface area contributed by atoms with E-state index in [1.807, 2.05) is 55.5 Å². The highest BCUT2D eigenvalue weighted by Gasteiger charge is 2.28. The Kier molecular flexibility index (Phi) is 6.10. The lowest BCUT2D eigenvalue weighted by Gasteiger charge is -2.22. The van der Waals surface area contributed by atoms with Gasteiger partial charge in [-0.25, -0.2) is 0 Å². The molecule has 2 unspecified atom stereocenters. The number of carbonyl (C=O) groups is 2. The molecule has 0 saturated carbocycles. The third-order valence-corrected chi connectivity index (χ3v) is 3.99. The minimum Gasteiger partial charge on any atom is -0.466 e. The monoisotopic (exact) mass is 310 g/mol. The first-order chi connectivity index (χ1) is 11.1. The van der Waals surface area contributed by atoms with Crippen molar-refractivity contribution in [3.63, 3.8) is 0 Å². The van der Waals surface area contributed by atoms with Gasteiger partial charge in [0, 0.05) is 17.9 Å². The maximum absolute atomic E-state index is 12.6. The predicted octanol–water partition coefficient (Wildman–Crippen LogP) is 4.24. The van der Waals surface area contributed by atoms with Crippen molar-refractivity contribution in [1.82, 2.24) is 0 Å². The van der Waals surface area contributed by atoms with Gasteiger partial charge in [0.1, 0.15) is 0 Å². The number of hydrogen-bond donors (Lipinski definition) is 0. The van der Waals surface area contributed by atoms with E-state index in [-0.39, 0.29) is 30.0 Å². The quantitative estimate of drug-likeness (QED) is 0.567. The van der Waals surface area contributed by atoms with Gasteiger partial charge < -0.3 is 4.74 Å². The van der Waals surface area contributed by atoms with Gasteiger partial charge in [0.15, 0.2) is 5.78 Å². The minimum absolute atomic E-state index is 0.0376. The van der Waals surface area contributed by atoms with E-state index >= 15 is 0 Å². The highest BCUT2D eigenvalue weighted by molar-refractivity contribution is 5.96. The van der Waals surface area contributed by atoms with Crippen LogP contribution in [0.15, 0.2) is 60.7 Å². The second-order valence-corrected chi connectivity index (χ2v) is 5.55. The van der Waals surface area contributed by atoms with Crippen molar-refractivity contribution >= 4 is 11.8 Å². The molecule has 0 aromatic heterocycles. The Hall–Kier alpha value is -2.42. The molecule has 0 heterocycles. The second kappa shape index (κ2) is 8.28. The van der Waals surface area contributed by atoms with Crippen molar-refractivity contribution in [2.24, 2.45) is 5.92 Å². The summed E-state index contributed by atoms with van der Waals surface area (Å²) in [6.45, 7) is 3.96. The zero-order valence-electron chi connectivity index (χ0n) is 13.6. The van der Waals surface area contributed by atoms with Gasteiger partial charge >= 0.3 is 5.97 Å². The number of ether oxygens (including phenoxy) is 1. The van der Waals surface area contributed by atoms with Crippen LogP contribution in [0.1, 0.15) is 42.1 Å². The molecule has 0 aliphatic rings. The van der Waals surface area contributed by atoms with Crippen LogP contribution in [0.25, 0.3) is 0 Å². The molecule has 120 valence electrons. The average molecular weight is 310 g/mol. The smallest absolute Gasteiger partial charge is 0.309 e.